The molecule has 7 rings (SSSR count). The number of carbonyl (C=O) groups excluding carboxylic acids is 2. The van der Waals surface area contributed by atoms with Crippen molar-refractivity contribution in [3.05, 3.63) is 102 Å². The van der Waals surface area contributed by atoms with Crippen molar-refractivity contribution < 1.29 is 23.8 Å². The Morgan fingerprint density at radius 1 is 0.977 bits per heavy atom. The first-order chi connectivity index (χ1) is 21.5. The van der Waals surface area contributed by atoms with E-state index in [9.17, 15) is 14.9 Å². The number of hydrogen-bond donors (Lipinski definition) is 2. The van der Waals surface area contributed by atoms with Gasteiger partial charge in [0.15, 0.2) is 6.61 Å². The molecule has 10 heteroatoms. The third-order valence-electron chi connectivity index (χ3n) is 7.72. The Labute approximate surface area is 255 Å². The molecule has 2 N–H and O–H groups in total. The number of anilines is 1. The average Bonchev–Trinajstić information content (AvgIpc) is 3.07. The molecule has 1 aromatic heterocycles. The van der Waals surface area contributed by atoms with Crippen LogP contribution in [0.25, 0.3) is 11.1 Å². The van der Waals surface area contributed by atoms with Crippen LogP contribution in [0.1, 0.15) is 28.0 Å². The maximum Gasteiger partial charge on any atom is 0.258 e. The van der Waals surface area contributed by atoms with E-state index >= 15 is 0 Å². The van der Waals surface area contributed by atoms with E-state index in [1.165, 1.54) is 0 Å². The van der Waals surface area contributed by atoms with Crippen molar-refractivity contribution in [2.75, 3.05) is 31.7 Å². The van der Waals surface area contributed by atoms with Crippen LogP contribution in [0.2, 0.25) is 0 Å². The normalized spacial score (nSPS) is 18.4. The van der Waals surface area contributed by atoms with Gasteiger partial charge in [-0.1, -0.05) is 30.3 Å². The van der Waals surface area contributed by atoms with Crippen molar-refractivity contribution in [3.8, 4) is 34.4 Å². The molecule has 1 saturated heterocycles. The van der Waals surface area contributed by atoms with E-state index in [1.807, 2.05) is 48.5 Å². The number of amides is 2. The maximum absolute atomic E-state index is 13.8. The summed E-state index contributed by atoms with van der Waals surface area (Å²) >= 11 is 0. The van der Waals surface area contributed by atoms with E-state index in [1.54, 1.807) is 43.5 Å². The molecule has 4 aromatic rings. The number of carbonyl (C=O) groups is 2. The lowest BCUT2D eigenvalue weighted by Crippen LogP contribution is -2.57. The lowest BCUT2D eigenvalue weighted by Gasteiger charge is -2.39. The number of nitrogens with one attached hydrogen (secondary N) is 2. The summed E-state index contributed by atoms with van der Waals surface area (Å²) in [6.45, 7) is 1.28. The molecule has 0 aliphatic carbocycles. The number of hydrogen-bond acceptors (Lipinski definition) is 8. The summed E-state index contributed by atoms with van der Waals surface area (Å²) in [5.41, 5.74) is 3.18. The van der Waals surface area contributed by atoms with Crippen LogP contribution in [0, 0.1) is 11.3 Å². The Kier molecular flexibility index (Phi) is 8.28. The number of ether oxygens (including phenoxy) is 3. The van der Waals surface area contributed by atoms with Gasteiger partial charge in [0.2, 0.25) is 0 Å². The number of pyridine rings is 1. The topological polar surface area (TPSA) is 126 Å². The summed E-state index contributed by atoms with van der Waals surface area (Å²) in [5, 5.41) is 15.5. The number of methoxy groups -OCH3 is 1. The van der Waals surface area contributed by atoms with E-state index < -0.39 is 6.04 Å². The fourth-order valence-electron chi connectivity index (χ4n) is 5.42. The summed E-state index contributed by atoms with van der Waals surface area (Å²) in [5.74, 6) is 1.93. The van der Waals surface area contributed by atoms with Crippen LogP contribution in [0.15, 0.2) is 84.9 Å². The van der Waals surface area contributed by atoms with Crippen molar-refractivity contribution in [3.63, 3.8) is 0 Å². The van der Waals surface area contributed by atoms with Crippen LogP contribution in [0.4, 0.5) is 5.82 Å². The lowest BCUT2D eigenvalue weighted by molar-refractivity contribution is -0.123. The maximum atomic E-state index is 13.8. The molecule has 44 heavy (non-hydrogen) atoms. The first-order valence-electron chi connectivity index (χ1n) is 14.4. The molecule has 0 radical (unpaired) electrons. The smallest absolute Gasteiger partial charge is 0.258 e. The summed E-state index contributed by atoms with van der Waals surface area (Å²) in [6.07, 6.45) is 0.291. The Hall–Kier alpha value is -5.56. The molecule has 4 heterocycles. The molecular formula is C34H31N5O5. The average molecular weight is 590 g/mol. The zero-order chi connectivity index (χ0) is 30.5. The predicted molar refractivity (Wildman–Crippen MR) is 164 cm³/mol. The molecule has 0 unspecified atom stereocenters. The highest BCUT2D eigenvalue weighted by molar-refractivity contribution is 5.96. The molecule has 3 aromatic carbocycles. The highest BCUT2D eigenvalue weighted by Crippen LogP contribution is 2.33. The number of rotatable bonds is 2. The molecule has 1 fully saturated rings. The van der Waals surface area contributed by atoms with E-state index in [-0.39, 0.29) is 24.5 Å². The molecule has 0 spiro atoms. The second kappa shape index (κ2) is 12.8. The summed E-state index contributed by atoms with van der Waals surface area (Å²) in [6, 6.07) is 27.1. The number of nitriles is 1. The SMILES string of the molecule is COc1ccc2cc1-c1cccc(c1)OCC(=O)NCc1ccc(cc1)O[C@@H]1CCN(c3cccc(C#N)n3)C[C@H]1NC2=O. The van der Waals surface area contributed by atoms with Gasteiger partial charge in [0, 0.05) is 37.2 Å². The van der Waals surface area contributed by atoms with Gasteiger partial charge in [-0.2, -0.15) is 5.26 Å². The minimum Gasteiger partial charge on any atom is -0.496 e. The van der Waals surface area contributed by atoms with Crippen LogP contribution in [0.5, 0.6) is 17.2 Å². The summed E-state index contributed by atoms with van der Waals surface area (Å²) < 4.78 is 17.8. The van der Waals surface area contributed by atoms with E-state index in [2.05, 4.69) is 26.6 Å². The first kappa shape index (κ1) is 28.6. The van der Waals surface area contributed by atoms with Gasteiger partial charge in [0.05, 0.1) is 13.2 Å². The Balaban J connectivity index is 1.35. The fraction of sp³-hybridized carbons (Fsp3) is 0.235. The zero-order valence-corrected chi connectivity index (χ0v) is 24.2. The number of nitrogens with zero attached hydrogens (tertiary/aromatic N) is 3. The molecule has 2 amide bonds. The number of aromatic nitrogens is 1. The molecule has 3 aliphatic heterocycles. The van der Waals surface area contributed by atoms with Crippen LogP contribution in [-0.2, 0) is 11.3 Å². The van der Waals surface area contributed by atoms with Crippen molar-refractivity contribution in [2.24, 2.45) is 0 Å². The van der Waals surface area contributed by atoms with E-state index in [4.69, 9.17) is 14.2 Å². The minimum absolute atomic E-state index is 0.138. The molecule has 0 saturated carbocycles. The van der Waals surface area contributed by atoms with Gasteiger partial charge in [-0.05, 0) is 65.7 Å². The van der Waals surface area contributed by atoms with Gasteiger partial charge < -0.3 is 29.7 Å². The van der Waals surface area contributed by atoms with Crippen LogP contribution >= 0.6 is 0 Å². The third-order valence-corrected chi connectivity index (χ3v) is 7.72. The molecule has 222 valence electrons. The number of benzene rings is 3. The van der Waals surface area contributed by atoms with E-state index in [0.717, 1.165) is 11.1 Å². The van der Waals surface area contributed by atoms with Crippen molar-refractivity contribution >= 4 is 17.6 Å². The van der Waals surface area contributed by atoms with Gasteiger partial charge in [-0.15, -0.1) is 0 Å². The largest absolute Gasteiger partial charge is 0.496 e. The minimum atomic E-state index is -0.393. The van der Waals surface area contributed by atoms with Crippen molar-refractivity contribution in [2.45, 2.75) is 25.1 Å². The quantitative estimate of drug-likeness (QED) is 0.358. The zero-order valence-electron chi connectivity index (χ0n) is 24.2. The second-order valence-corrected chi connectivity index (χ2v) is 10.6. The molecular weight excluding hydrogens is 558 g/mol. The van der Waals surface area contributed by atoms with Gasteiger partial charge in [0.1, 0.15) is 40.9 Å². The van der Waals surface area contributed by atoms with Crippen LogP contribution < -0.4 is 29.7 Å². The third kappa shape index (κ3) is 6.42. The molecule has 2 atom stereocenters. The predicted octanol–water partition coefficient (Wildman–Crippen LogP) is 4.09. The molecule has 3 aliphatic rings. The standard InChI is InChI=1S/C34H31N5O5/c1-42-30-13-10-24-17-28(30)23-4-2-6-27(16-23)43-21-33(40)36-19-22-8-11-26(12-9-22)44-31-14-15-39(20-29(31)38-34(24)41)32-7-3-5-25(18-35)37-32/h2-13,16-17,29,31H,14-15,19-21H2,1H3,(H,36,40)(H,38,41)/t29-,31-/m1/s1. The number of piperidine rings is 1. The second-order valence-electron chi connectivity index (χ2n) is 10.6. The monoisotopic (exact) mass is 589 g/mol. The summed E-state index contributed by atoms with van der Waals surface area (Å²) in [4.78, 5) is 32.8. The Morgan fingerprint density at radius 3 is 2.64 bits per heavy atom. The first-order valence-corrected chi connectivity index (χ1v) is 14.4. The van der Waals surface area contributed by atoms with E-state index in [0.29, 0.717) is 65.9 Å². The molecule has 6 bridgehead atoms. The van der Waals surface area contributed by atoms with Gasteiger partial charge in [-0.3, -0.25) is 9.59 Å². The Morgan fingerprint density at radius 2 is 1.82 bits per heavy atom. The van der Waals surface area contributed by atoms with Gasteiger partial charge >= 0.3 is 0 Å². The Bertz CT molecular complexity index is 1720. The fourth-order valence-corrected chi connectivity index (χ4v) is 5.42. The number of fused-ring (bicyclic) bond motifs is 7. The van der Waals surface area contributed by atoms with Gasteiger partial charge in [-0.25, -0.2) is 4.98 Å². The lowest BCUT2D eigenvalue weighted by atomic mass is 9.99. The highest BCUT2D eigenvalue weighted by atomic mass is 16.5. The van der Waals surface area contributed by atoms with Crippen molar-refractivity contribution in [1.82, 2.24) is 15.6 Å². The van der Waals surface area contributed by atoms with Gasteiger partial charge in [0.25, 0.3) is 11.8 Å². The van der Waals surface area contributed by atoms with Crippen LogP contribution in [-0.4, -0.2) is 55.8 Å². The van der Waals surface area contributed by atoms with Crippen LogP contribution in [0.3, 0.4) is 0 Å². The van der Waals surface area contributed by atoms with Crippen molar-refractivity contribution in [1.29, 1.82) is 5.26 Å². The highest BCUT2D eigenvalue weighted by Gasteiger charge is 2.33. The molecule has 10 nitrogen and oxygen atoms in total. The summed E-state index contributed by atoms with van der Waals surface area (Å²) in [7, 11) is 1.58.